The Morgan fingerprint density at radius 2 is 2.00 bits per heavy atom. The van der Waals surface area contributed by atoms with Crippen molar-refractivity contribution in [3.63, 3.8) is 0 Å². The van der Waals surface area contributed by atoms with Gasteiger partial charge in [-0.05, 0) is 31.4 Å². The third-order valence-corrected chi connectivity index (χ3v) is 3.80. The van der Waals surface area contributed by atoms with Crippen LogP contribution in [0.25, 0.3) is 0 Å². The van der Waals surface area contributed by atoms with Crippen LogP contribution in [0.3, 0.4) is 0 Å². The average molecular weight is 288 g/mol. The van der Waals surface area contributed by atoms with E-state index < -0.39 is 5.82 Å². The Morgan fingerprint density at radius 3 is 2.62 bits per heavy atom. The molecular weight excluding hydrogens is 271 g/mol. The fourth-order valence-corrected chi connectivity index (χ4v) is 2.37. The molecule has 0 radical (unpaired) electrons. The van der Waals surface area contributed by atoms with Crippen LogP contribution in [0.5, 0.6) is 0 Å². The van der Waals surface area contributed by atoms with E-state index in [1.165, 1.54) is 12.1 Å². The highest BCUT2D eigenvalue weighted by Crippen LogP contribution is 2.21. The van der Waals surface area contributed by atoms with Gasteiger partial charge in [-0.2, -0.15) is 0 Å². The van der Waals surface area contributed by atoms with Gasteiger partial charge in [0, 0.05) is 24.7 Å². The molecule has 110 valence electrons. The van der Waals surface area contributed by atoms with Crippen LogP contribution >= 0.6 is 0 Å². The Kier molecular flexibility index (Phi) is 3.73. The highest BCUT2D eigenvalue weighted by atomic mass is 19.1. The van der Waals surface area contributed by atoms with Crippen LogP contribution in [0, 0.1) is 5.82 Å². The summed E-state index contributed by atoms with van der Waals surface area (Å²) in [5, 5.41) is 2.94. The van der Waals surface area contributed by atoms with E-state index in [2.05, 4.69) is 5.32 Å². The predicted molar refractivity (Wildman–Crippen MR) is 76.2 cm³/mol. The van der Waals surface area contributed by atoms with E-state index in [0.29, 0.717) is 25.6 Å². The molecule has 0 spiro atoms. The number of nitrogens with one attached hydrogen (secondary N) is 1. The van der Waals surface area contributed by atoms with Gasteiger partial charge >= 0.3 is 0 Å². The van der Waals surface area contributed by atoms with Crippen LogP contribution in [-0.4, -0.2) is 35.8 Å². The molecule has 2 amide bonds. The van der Waals surface area contributed by atoms with Crippen molar-refractivity contribution >= 4 is 11.8 Å². The topological polar surface area (TPSA) is 49.4 Å². The molecule has 1 fully saturated rings. The molecule has 3 rings (SSSR count). The van der Waals surface area contributed by atoms with Crippen LogP contribution in [0.15, 0.2) is 35.9 Å². The van der Waals surface area contributed by atoms with E-state index in [1.54, 1.807) is 23.1 Å². The van der Waals surface area contributed by atoms with Crippen LogP contribution in [-0.2, 0) is 4.79 Å². The summed E-state index contributed by atoms with van der Waals surface area (Å²) in [6.45, 7) is 0.789. The Hall–Kier alpha value is -2.17. The van der Waals surface area contributed by atoms with Gasteiger partial charge in [0.15, 0.2) is 0 Å². The molecule has 1 heterocycles. The van der Waals surface area contributed by atoms with E-state index in [0.717, 1.165) is 18.4 Å². The van der Waals surface area contributed by atoms with Crippen LogP contribution in [0.1, 0.15) is 29.6 Å². The van der Waals surface area contributed by atoms with Gasteiger partial charge in [0.25, 0.3) is 5.91 Å². The van der Waals surface area contributed by atoms with Crippen LogP contribution < -0.4 is 5.32 Å². The number of carbonyl (C=O) groups is 2. The van der Waals surface area contributed by atoms with Crippen molar-refractivity contribution in [2.45, 2.75) is 25.3 Å². The van der Waals surface area contributed by atoms with Gasteiger partial charge in [-0.15, -0.1) is 0 Å². The minimum atomic E-state index is -0.510. The van der Waals surface area contributed by atoms with Crippen molar-refractivity contribution in [1.82, 2.24) is 10.2 Å². The molecule has 0 atom stereocenters. The third kappa shape index (κ3) is 3.12. The maximum absolute atomic E-state index is 13.6. The Morgan fingerprint density at radius 1 is 1.24 bits per heavy atom. The molecule has 1 aliphatic heterocycles. The van der Waals surface area contributed by atoms with Gasteiger partial charge in [-0.25, -0.2) is 4.39 Å². The normalized spacial score (nSPS) is 18.1. The van der Waals surface area contributed by atoms with Gasteiger partial charge in [0.05, 0.1) is 5.56 Å². The Bertz CT molecular complexity index is 608. The van der Waals surface area contributed by atoms with Crippen molar-refractivity contribution in [1.29, 1.82) is 0 Å². The second-order valence-corrected chi connectivity index (χ2v) is 5.46. The first-order valence-electron chi connectivity index (χ1n) is 7.19. The first kappa shape index (κ1) is 13.8. The van der Waals surface area contributed by atoms with Gasteiger partial charge in [-0.1, -0.05) is 18.2 Å². The molecular formula is C16H17FN2O2. The number of carbonyl (C=O) groups excluding carboxylic acids is 2. The Labute approximate surface area is 122 Å². The first-order chi connectivity index (χ1) is 10.1. The number of amides is 2. The molecule has 5 heteroatoms. The molecule has 21 heavy (non-hydrogen) atoms. The van der Waals surface area contributed by atoms with E-state index in [1.807, 2.05) is 0 Å². The monoisotopic (exact) mass is 288 g/mol. The SMILES string of the molecule is O=C(NC1CC1)C1=CCN(C(=O)c2ccccc2F)CC1. The van der Waals surface area contributed by atoms with Gasteiger partial charge in [0.2, 0.25) is 5.91 Å². The zero-order valence-electron chi connectivity index (χ0n) is 11.6. The van der Waals surface area contributed by atoms with Crippen molar-refractivity contribution < 1.29 is 14.0 Å². The lowest BCUT2D eigenvalue weighted by Crippen LogP contribution is -2.38. The second kappa shape index (κ2) is 5.68. The maximum atomic E-state index is 13.6. The number of nitrogens with zero attached hydrogens (tertiary/aromatic N) is 1. The summed E-state index contributed by atoms with van der Waals surface area (Å²) >= 11 is 0. The molecule has 0 unspecified atom stereocenters. The molecule has 4 nitrogen and oxygen atoms in total. The zero-order chi connectivity index (χ0) is 14.8. The molecule has 0 bridgehead atoms. The fraction of sp³-hybridized carbons (Fsp3) is 0.375. The van der Waals surface area contributed by atoms with Crippen molar-refractivity contribution in [2.24, 2.45) is 0 Å². The maximum Gasteiger partial charge on any atom is 0.257 e. The second-order valence-electron chi connectivity index (χ2n) is 5.46. The molecule has 1 saturated carbocycles. The van der Waals surface area contributed by atoms with E-state index in [9.17, 15) is 14.0 Å². The largest absolute Gasteiger partial charge is 0.350 e. The summed E-state index contributed by atoms with van der Waals surface area (Å²) in [5.74, 6) is -0.870. The average Bonchev–Trinajstić information content (AvgIpc) is 3.31. The minimum absolute atomic E-state index is 0.0320. The fourth-order valence-electron chi connectivity index (χ4n) is 2.37. The van der Waals surface area contributed by atoms with Gasteiger partial charge in [-0.3, -0.25) is 9.59 Å². The molecule has 1 N–H and O–H groups in total. The molecule has 1 aromatic rings. The predicted octanol–water partition coefficient (Wildman–Crippen LogP) is 1.88. The Balaban J connectivity index is 1.64. The zero-order valence-corrected chi connectivity index (χ0v) is 11.6. The standard InChI is InChI=1S/C16H17FN2O2/c17-14-4-2-1-3-13(14)16(21)19-9-7-11(8-10-19)15(20)18-12-5-6-12/h1-4,7,12H,5-6,8-10H2,(H,18,20). The number of halogens is 1. The van der Waals surface area contributed by atoms with Gasteiger partial charge in [0.1, 0.15) is 5.82 Å². The van der Waals surface area contributed by atoms with Crippen LogP contribution in [0.4, 0.5) is 4.39 Å². The lowest BCUT2D eigenvalue weighted by Gasteiger charge is -2.26. The number of rotatable bonds is 3. The lowest BCUT2D eigenvalue weighted by molar-refractivity contribution is -0.117. The smallest absolute Gasteiger partial charge is 0.257 e. The summed E-state index contributed by atoms with van der Waals surface area (Å²) < 4.78 is 13.6. The number of benzene rings is 1. The van der Waals surface area contributed by atoms with Crippen LogP contribution in [0.2, 0.25) is 0 Å². The molecule has 2 aliphatic rings. The molecule has 1 aliphatic carbocycles. The van der Waals surface area contributed by atoms with Crippen molar-refractivity contribution in [2.75, 3.05) is 13.1 Å². The van der Waals surface area contributed by atoms with Crippen molar-refractivity contribution in [3.05, 3.63) is 47.3 Å². The van der Waals surface area contributed by atoms with Crippen molar-refractivity contribution in [3.8, 4) is 0 Å². The van der Waals surface area contributed by atoms with E-state index >= 15 is 0 Å². The summed E-state index contributed by atoms with van der Waals surface area (Å²) in [4.78, 5) is 25.7. The number of hydrogen-bond donors (Lipinski definition) is 1. The summed E-state index contributed by atoms with van der Waals surface area (Å²) in [6, 6.07) is 6.29. The third-order valence-electron chi connectivity index (χ3n) is 3.80. The highest BCUT2D eigenvalue weighted by Gasteiger charge is 2.27. The van der Waals surface area contributed by atoms with Gasteiger partial charge < -0.3 is 10.2 Å². The summed E-state index contributed by atoms with van der Waals surface area (Å²) in [6.07, 6.45) is 4.38. The summed E-state index contributed by atoms with van der Waals surface area (Å²) in [5.41, 5.74) is 0.802. The quantitative estimate of drug-likeness (QED) is 0.923. The number of hydrogen-bond acceptors (Lipinski definition) is 2. The lowest BCUT2D eigenvalue weighted by atomic mass is 10.1. The van der Waals surface area contributed by atoms with E-state index in [4.69, 9.17) is 0 Å². The minimum Gasteiger partial charge on any atom is -0.350 e. The summed E-state index contributed by atoms with van der Waals surface area (Å²) in [7, 11) is 0. The first-order valence-corrected chi connectivity index (χ1v) is 7.19. The highest BCUT2D eigenvalue weighted by molar-refractivity contribution is 5.96. The van der Waals surface area contributed by atoms with E-state index in [-0.39, 0.29) is 17.4 Å². The molecule has 1 aromatic carbocycles. The molecule has 0 aromatic heterocycles. The molecule has 0 saturated heterocycles.